The number of hydrogen-bond donors (Lipinski definition) is 0. The van der Waals surface area contributed by atoms with Crippen molar-refractivity contribution in [3.05, 3.63) is 70.9 Å². The summed E-state index contributed by atoms with van der Waals surface area (Å²) in [7, 11) is -0.619. The SMILES string of the molecule is CN(C)S(=O)(=O)c1cccc(COC(=O)c2ccc3nc(Cl)ccc3c2)c1. The van der Waals surface area contributed by atoms with Crippen LogP contribution in [-0.2, 0) is 21.4 Å². The summed E-state index contributed by atoms with van der Waals surface area (Å²) in [5, 5.41) is 1.15. The maximum atomic E-state index is 12.3. The molecule has 0 N–H and O–H groups in total. The topological polar surface area (TPSA) is 76.6 Å². The third-order valence-electron chi connectivity index (χ3n) is 3.94. The van der Waals surface area contributed by atoms with Gasteiger partial charge in [-0.15, -0.1) is 0 Å². The number of rotatable bonds is 5. The molecule has 0 spiro atoms. The molecule has 0 saturated heterocycles. The van der Waals surface area contributed by atoms with Crippen LogP contribution in [-0.4, -0.2) is 37.8 Å². The largest absolute Gasteiger partial charge is 0.457 e. The van der Waals surface area contributed by atoms with E-state index in [-0.39, 0.29) is 11.5 Å². The van der Waals surface area contributed by atoms with Crippen molar-refractivity contribution in [2.45, 2.75) is 11.5 Å². The number of carbonyl (C=O) groups excluding carboxylic acids is 1. The van der Waals surface area contributed by atoms with Gasteiger partial charge in [-0.05, 0) is 48.0 Å². The van der Waals surface area contributed by atoms with Crippen LogP contribution in [0.5, 0.6) is 0 Å². The lowest BCUT2D eigenvalue weighted by Gasteiger charge is -2.12. The third kappa shape index (κ3) is 4.27. The molecule has 0 saturated carbocycles. The summed E-state index contributed by atoms with van der Waals surface area (Å²) < 4.78 is 30.8. The minimum atomic E-state index is -3.54. The van der Waals surface area contributed by atoms with E-state index in [0.717, 1.165) is 9.69 Å². The van der Waals surface area contributed by atoms with Gasteiger partial charge in [0.15, 0.2) is 0 Å². The van der Waals surface area contributed by atoms with Gasteiger partial charge in [0.05, 0.1) is 16.0 Å². The molecule has 0 atom stereocenters. The predicted octanol–water partition coefficient (Wildman–Crippen LogP) is 3.50. The van der Waals surface area contributed by atoms with E-state index in [1.807, 2.05) is 0 Å². The highest BCUT2D eigenvalue weighted by Crippen LogP contribution is 2.19. The van der Waals surface area contributed by atoms with Crippen LogP contribution in [0.25, 0.3) is 10.9 Å². The summed E-state index contributed by atoms with van der Waals surface area (Å²) in [5.41, 5.74) is 1.64. The summed E-state index contributed by atoms with van der Waals surface area (Å²) in [6.45, 7) is -0.0352. The van der Waals surface area contributed by atoms with Crippen LogP contribution < -0.4 is 0 Å². The minimum Gasteiger partial charge on any atom is -0.457 e. The maximum Gasteiger partial charge on any atom is 0.338 e. The number of hydrogen-bond acceptors (Lipinski definition) is 5. The van der Waals surface area contributed by atoms with Gasteiger partial charge in [-0.2, -0.15) is 0 Å². The molecule has 8 heteroatoms. The standard InChI is InChI=1S/C19H17ClN2O4S/c1-22(2)27(24,25)16-5-3-4-13(10-16)12-26-19(23)15-6-8-17-14(11-15)7-9-18(20)21-17/h3-11H,12H2,1-2H3. The number of nitrogens with zero attached hydrogens (tertiary/aromatic N) is 2. The Labute approximate surface area is 162 Å². The van der Waals surface area contributed by atoms with E-state index in [1.165, 1.54) is 26.2 Å². The van der Waals surface area contributed by atoms with Crippen LogP contribution >= 0.6 is 11.6 Å². The fourth-order valence-corrected chi connectivity index (χ4v) is 3.59. The summed E-state index contributed by atoms with van der Waals surface area (Å²) in [4.78, 5) is 16.6. The van der Waals surface area contributed by atoms with Crippen molar-refractivity contribution in [1.82, 2.24) is 9.29 Å². The highest BCUT2D eigenvalue weighted by atomic mass is 35.5. The first-order valence-corrected chi connectivity index (χ1v) is 9.84. The van der Waals surface area contributed by atoms with Gasteiger partial charge in [-0.1, -0.05) is 23.7 Å². The Morgan fingerprint density at radius 2 is 1.89 bits per heavy atom. The zero-order valence-electron chi connectivity index (χ0n) is 14.7. The normalized spacial score (nSPS) is 11.7. The molecule has 140 valence electrons. The quantitative estimate of drug-likeness (QED) is 0.480. The van der Waals surface area contributed by atoms with E-state index in [9.17, 15) is 13.2 Å². The van der Waals surface area contributed by atoms with Gasteiger partial charge < -0.3 is 4.74 Å². The maximum absolute atomic E-state index is 12.3. The van der Waals surface area contributed by atoms with E-state index in [2.05, 4.69) is 4.98 Å². The molecule has 27 heavy (non-hydrogen) atoms. The van der Waals surface area contributed by atoms with Crippen LogP contribution in [0, 0.1) is 0 Å². The Morgan fingerprint density at radius 1 is 1.11 bits per heavy atom. The van der Waals surface area contributed by atoms with Crippen LogP contribution in [0.1, 0.15) is 15.9 Å². The number of fused-ring (bicyclic) bond motifs is 1. The van der Waals surface area contributed by atoms with E-state index in [1.54, 1.807) is 42.5 Å². The zero-order valence-corrected chi connectivity index (χ0v) is 16.3. The zero-order chi connectivity index (χ0) is 19.6. The lowest BCUT2D eigenvalue weighted by atomic mass is 10.1. The van der Waals surface area contributed by atoms with E-state index in [4.69, 9.17) is 16.3 Å². The van der Waals surface area contributed by atoms with Crippen LogP contribution in [0.3, 0.4) is 0 Å². The van der Waals surface area contributed by atoms with Gasteiger partial charge in [0.2, 0.25) is 10.0 Å². The van der Waals surface area contributed by atoms with Gasteiger partial charge in [0.1, 0.15) is 11.8 Å². The molecule has 0 unspecified atom stereocenters. The smallest absolute Gasteiger partial charge is 0.338 e. The summed E-state index contributed by atoms with van der Waals surface area (Å²) in [5.74, 6) is -0.507. The predicted molar refractivity (Wildman–Crippen MR) is 103 cm³/mol. The molecule has 1 aromatic heterocycles. The summed E-state index contributed by atoms with van der Waals surface area (Å²) in [6, 6.07) is 14.7. The molecule has 3 aromatic rings. The van der Waals surface area contributed by atoms with Gasteiger partial charge in [0.25, 0.3) is 0 Å². The molecule has 0 bridgehead atoms. The molecule has 1 heterocycles. The number of esters is 1. The molecule has 3 rings (SSSR count). The minimum absolute atomic E-state index is 0.0352. The van der Waals surface area contributed by atoms with Gasteiger partial charge in [-0.3, -0.25) is 0 Å². The number of ether oxygens (including phenoxy) is 1. The van der Waals surface area contributed by atoms with Gasteiger partial charge in [-0.25, -0.2) is 22.5 Å². The van der Waals surface area contributed by atoms with Gasteiger partial charge >= 0.3 is 5.97 Å². The number of halogens is 1. The first-order valence-electron chi connectivity index (χ1n) is 8.02. The second kappa shape index (κ2) is 7.64. The Hall–Kier alpha value is -2.48. The fourth-order valence-electron chi connectivity index (χ4n) is 2.47. The number of benzene rings is 2. The number of aromatic nitrogens is 1. The van der Waals surface area contributed by atoms with Crippen molar-refractivity contribution in [1.29, 1.82) is 0 Å². The number of carbonyl (C=O) groups is 1. The van der Waals surface area contributed by atoms with E-state index < -0.39 is 16.0 Å². The molecule has 0 aliphatic heterocycles. The second-order valence-electron chi connectivity index (χ2n) is 6.05. The van der Waals surface area contributed by atoms with Crippen LogP contribution in [0.4, 0.5) is 0 Å². The molecule has 0 radical (unpaired) electrons. The van der Waals surface area contributed by atoms with Crippen molar-refractivity contribution in [2.24, 2.45) is 0 Å². The third-order valence-corrected chi connectivity index (χ3v) is 5.96. The lowest BCUT2D eigenvalue weighted by Crippen LogP contribution is -2.22. The van der Waals surface area contributed by atoms with Crippen molar-refractivity contribution >= 4 is 38.5 Å². The first-order chi connectivity index (χ1) is 12.8. The van der Waals surface area contributed by atoms with Gasteiger partial charge in [0, 0.05) is 19.5 Å². The number of pyridine rings is 1. The summed E-state index contributed by atoms with van der Waals surface area (Å²) in [6.07, 6.45) is 0. The first kappa shape index (κ1) is 19.3. The van der Waals surface area contributed by atoms with Crippen LogP contribution in [0.2, 0.25) is 5.15 Å². The molecule has 0 aliphatic carbocycles. The van der Waals surface area contributed by atoms with Crippen molar-refractivity contribution in [3.8, 4) is 0 Å². The molecule has 0 fully saturated rings. The van der Waals surface area contributed by atoms with E-state index in [0.29, 0.717) is 21.8 Å². The lowest BCUT2D eigenvalue weighted by molar-refractivity contribution is 0.0472. The highest BCUT2D eigenvalue weighted by molar-refractivity contribution is 7.89. The number of sulfonamides is 1. The van der Waals surface area contributed by atoms with E-state index >= 15 is 0 Å². The van der Waals surface area contributed by atoms with Crippen molar-refractivity contribution in [3.63, 3.8) is 0 Å². The molecule has 0 amide bonds. The molecule has 6 nitrogen and oxygen atoms in total. The Bertz CT molecular complexity index is 1110. The van der Waals surface area contributed by atoms with Crippen molar-refractivity contribution < 1.29 is 17.9 Å². The monoisotopic (exact) mass is 404 g/mol. The van der Waals surface area contributed by atoms with Crippen molar-refractivity contribution in [2.75, 3.05) is 14.1 Å². The molecule has 0 aliphatic rings. The Morgan fingerprint density at radius 3 is 2.63 bits per heavy atom. The Balaban J connectivity index is 1.75. The average Bonchev–Trinajstić information content (AvgIpc) is 2.65. The molecule has 2 aromatic carbocycles. The fraction of sp³-hybridized carbons (Fsp3) is 0.158. The van der Waals surface area contributed by atoms with Crippen LogP contribution in [0.15, 0.2) is 59.5 Å². The Kier molecular flexibility index (Phi) is 5.46. The average molecular weight is 405 g/mol. The molecular weight excluding hydrogens is 388 g/mol. The summed E-state index contributed by atoms with van der Waals surface area (Å²) >= 11 is 5.85. The molecular formula is C19H17ClN2O4S. The highest BCUT2D eigenvalue weighted by Gasteiger charge is 2.17. The second-order valence-corrected chi connectivity index (χ2v) is 8.59.